The molecule has 1 amide bonds. The zero-order valence-electron chi connectivity index (χ0n) is 28.6. The molecule has 0 unspecified atom stereocenters. The van der Waals surface area contributed by atoms with Crippen molar-refractivity contribution < 1.29 is 14.7 Å². The molecule has 252 valence electrons. The van der Waals surface area contributed by atoms with Crippen LogP contribution in [0.4, 0.5) is 34.6 Å². The molecule has 4 heterocycles. The highest BCUT2D eigenvalue weighted by Crippen LogP contribution is 2.40. The van der Waals surface area contributed by atoms with Crippen LogP contribution in [0.15, 0.2) is 73.3 Å². The summed E-state index contributed by atoms with van der Waals surface area (Å²) in [5.74, 6) is 0.336. The van der Waals surface area contributed by atoms with Crippen LogP contribution in [-0.2, 0) is 11.2 Å². The van der Waals surface area contributed by atoms with Crippen molar-refractivity contribution in [3.63, 3.8) is 0 Å². The second kappa shape index (κ2) is 14.7. The van der Waals surface area contributed by atoms with Gasteiger partial charge in [-0.25, -0.2) is 14.8 Å². The zero-order valence-corrected chi connectivity index (χ0v) is 28.6. The molecule has 48 heavy (non-hydrogen) atoms. The third-order valence-electron chi connectivity index (χ3n) is 8.22. The van der Waals surface area contributed by atoms with Crippen LogP contribution in [0.1, 0.15) is 57.5 Å². The average Bonchev–Trinajstić information content (AvgIpc) is 3.43. The number of nitrogens with zero attached hydrogens (tertiary/aromatic N) is 8. The number of pyridine rings is 2. The first-order valence-corrected chi connectivity index (χ1v) is 16.4. The van der Waals surface area contributed by atoms with Gasteiger partial charge in [-0.3, -0.25) is 9.78 Å². The first-order chi connectivity index (χ1) is 23.0. The van der Waals surface area contributed by atoms with Crippen molar-refractivity contribution in [2.24, 2.45) is 5.41 Å². The van der Waals surface area contributed by atoms with E-state index in [1.807, 2.05) is 56.0 Å². The highest BCUT2D eigenvalue weighted by molar-refractivity contribution is 6.07. The number of aliphatic carboxylic acids is 1. The number of benzene rings is 1. The largest absolute Gasteiger partial charge is 0.480 e. The minimum atomic E-state index is -1.04. The summed E-state index contributed by atoms with van der Waals surface area (Å²) in [4.78, 5) is 52.3. The Morgan fingerprint density at radius 1 is 0.958 bits per heavy atom. The fourth-order valence-electron chi connectivity index (χ4n) is 5.88. The number of amides is 1. The third kappa shape index (κ3) is 7.64. The summed E-state index contributed by atoms with van der Waals surface area (Å²) < 4.78 is 0. The molecule has 0 aliphatic carbocycles. The quantitative estimate of drug-likeness (QED) is 0.181. The van der Waals surface area contributed by atoms with E-state index in [0.29, 0.717) is 43.5 Å². The van der Waals surface area contributed by atoms with Crippen LogP contribution in [0.5, 0.6) is 0 Å². The van der Waals surface area contributed by atoms with E-state index >= 15 is 0 Å². The Balaban J connectivity index is 1.41. The van der Waals surface area contributed by atoms with Crippen molar-refractivity contribution in [3.8, 4) is 0 Å². The molecule has 0 bridgehead atoms. The lowest BCUT2D eigenvalue weighted by molar-refractivity contribution is -0.137. The van der Waals surface area contributed by atoms with Gasteiger partial charge in [0.1, 0.15) is 11.7 Å². The van der Waals surface area contributed by atoms with Crippen molar-refractivity contribution in [2.45, 2.75) is 54.0 Å². The first kappa shape index (κ1) is 34.1. The Kier molecular flexibility index (Phi) is 10.4. The van der Waals surface area contributed by atoms with E-state index in [2.05, 4.69) is 56.9 Å². The number of aromatic nitrogens is 4. The molecular formula is C36H45N9O3. The van der Waals surface area contributed by atoms with Crippen molar-refractivity contribution in [2.75, 3.05) is 57.8 Å². The van der Waals surface area contributed by atoms with E-state index in [9.17, 15) is 14.7 Å². The van der Waals surface area contributed by atoms with Crippen LogP contribution in [-0.4, -0.2) is 75.8 Å². The Hall–Kier alpha value is -5.26. The molecule has 1 aliphatic rings. The molecule has 3 aromatic heterocycles. The Morgan fingerprint density at radius 2 is 1.67 bits per heavy atom. The number of fused-ring (bicyclic) bond motifs is 1. The number of nitrogens with one attached hydrogen (secondary N) is 1. The zero-order chi connectivity index (χ0) is 34.4. The van der Waals surface area contributed by atoms with Gasteiger partial charge in [-0.05, 0) is 68.1 Å². The molecule has 0 radical (unpaired) electrons. The number of rotatable bonds is 13. The van der Waals surface area contributed by atoms with E-state index in [1.54, 1.807) is 41.8 Å². The van der Waals surface area contributed by atoms with E-state index in [1.165, 1.54) is 0 Å². The van der Waals surface area contributed by atoms with Gasteiger partial charge >= 0.3 is 5.97 Å². The SMILES string of the molecule is CCN(CC)c1ncc(N(CC)C(=O)c2ccncc2)c(N[C@@H](Cc2ccc(N3CN(CC(C)(C)C)c4cccnc43)cc2)C(=O)O)n1. The first-order valence-electron chi connectivity index (χ1n) is 16.4. The van der Waals surface area contributed by atoms with Crippen molar-refractivity contribution in [3.05, 3.63) is 84.4 Å². The molecule has 2 N–H and O–H groups in total. The lowest BCUT2D eigenvalue weighted by atomic mass is 9.96. The molecule has 1 atom stereocenters. The summed E-state index contributed by atoms with van der Waals surface area (Å²) >= 11 is 0. The second-order valence-electron chi connectivity index (χ2n) is 12.9. The maximum absolute atomic E-state index is 13.6. The fourth-order valence-corrected chi connectivity index (χ4v) is 5.88. The van der Waals surface area contributed by atoms with Crippen molar-refractivity contribution in [1.82, 2.24) is 19.9 Å². The fraction of sp³-hybridized carbons (Fsp3) is 0.389. The maximum atomic E-state index is 13.6. The van der Waals surface area contributed by atoms with Crippen molar-refractivity contribution in [1.29, 1.82) is 0 Å². The van der Waals surface area contributed by atoms with Gasteiger partial charge in [0.25, 0.3) is 5.91 Å². The molecule has 4 aromatic rings. The minimum Gasteiger partial charge on any atom is -0.480 e. The molecule has 12 heteroatoms. The van der Waals surface area contributed by atoms with E-state index in [4.69, 9.17) is 4.98 Å². The number of carboxylic acid groups (broad SMARTS) is 1. The predicted octanol–water partition coefficient (Wildman–Crippen LogP) is 5.85. The number of carbonyl (C=O) groups is 2. The Morgan fingerprint density at radius 3 is 2.29 bits per heavy atom. The number of hydrogen-bond acceptors (Lipinski definition) is 10. The number of carbonyl (C=O) groups excluding carboxylic acids is 1. The van der Waals surface area contributed by atoms with Gasteiger partial charge in [0.05, 0.1) is 18.6 Å². The molecule has 1 aliphatic heterocycles. The van der Waals surface area contributed by atoms with E-state index < -0.39 is 12.0 Å². The van der Waals surface area contributed by atoms with Crippen LogP contribution in [0.25, 0.3) is 0 Å². The summed E-state index contributed by atoms with van der Waals surface area (Å²) in [6, 6.07) is 14.2. The number of carboxylic acids is 1. The van der Waals surface area contributed by atoms with Gasteiger partial charge in [-0.2, -0.15) is 4.98 Å². The summed E-state index contributed by atoms with van der Waals surface area (Å²) in [5.41, 5.74) is 3.88. The lowest BCUT2D eigenvalue weighted by Crippen LogP contribution is -2.36. The molecule has 0 saturated carbocycles. The summed E-state index contributed by atoms with van der Waals surface area (Å²) in [7, 11) is 0. The summed E-state index contributed by atoms with van der Waals surface area (Å²) in [6.07, 6.45) is 6.71. The van der Waals surface area contributed by atoms with Gasteiger partial charge in [0, 0.05) is 62.4 Å². The lowest BCUT2D eigenvalue weighted by Gasteiger charge is -2.28. The molecule has 1 aromatic carbocycles. The monoisotopic (exact) mass is 651 g/mol. The standard InChI is InChI=1S/C36H45N9O3/c1-7-42(8-2)35-39-22-30(44(9-3)33(46)26-16-19-37-20-17-26)31(41-35)40-28(34(47)48)21-25-12-14-27(15-13-25)45-24-43(23-36(4,5)6)29-11-10-18-38-32(29)45/h10-20,22,28H,7-9,21,23-24H2,1-6H3,(H,47,48)(H,39,40,41)/t28-/m0/s1. The Bertz CT molecular complexity index is 1710. The summed E-state index contributed by atoms with van der Waals surface area (Å²) in [5, 5.41) is 13.5. The normalized spacial score (nSPS) is 13.2. The predicted molar refractivity (Wildman–Crippen MR) is 190 cm³/mol. The Labute approximate surface area is 282 Å². The highest BCUT2D eigenvalue weighted by Gasteiger charge is 2.31. The van der Waals surface area contributed by atoms with Gasteiger partial charge < -0.3 is 30.0 Å². The average molecular weight is 652 g/mol. The highest BCUT2D eigenvalue weighted by atomic mass is 16.4. The minimum absolute atomic E-state index is 0.113. The molecular weight excluding hydrogens is 606 g/mol. The van der Waals surface area contributed by atoms with Gasteiger partial charge in [-0.15, -0.1) is 0 Å². The smallest absolute Gasteiger partial charge is 0.326 e. The molecule has 12 nitrogen and oxygen atoms in total. The number of hydrogen-bond donors (Lipinski definition) is 2. The summed E-state index contributed by atoms with van der Waals surface area (Å²) in [6.45, 7) is 15.8. The van der Waals surface area contributed by atoms with Crippen molar-refractivity contribution >= 4 is 46.5 Å². The second-order valence-corrected chi connectivity index (χ2v) is 12.9. The van der Waals surface area contributed by atoms with Crippen LogP contribution in [0.2, 0.25) is 0 Å². The van der Waals surface area contributed by atoms with Gasteiger partial charge in [0.15, 0.2) is 11.6 Å². The third-order valence-corrected chi connectivity index (χ3v) is 8.22. The molecule has 0 saturated heterocycles. The maximum Gasteiger partial charge on any atom is 0.326 e. The molecule has 0 spiro atoms. The molecule has 5 rings (SSSR count). The van der Waals surface area contributed by atoms with Crippen LogP contribution >= 0.6 is 0 Å². The van der Waals surface area contributed by atoms with Crippen LogP contribution in [0, 0.1) is 5.41 Å². The van der Waals surface area contributed by atoms with E-state index in [0.717, 1.165) is 29.3 Å². The van der Waals surface area contributed by atoms with Gasteiger partial charge in [0.2, 0.25) is 5.95 Å². The van der Waals surface area contributed by atoms with Gasteiger partial charge in [-0.1, -0.05) is 32.9 Å². The van der Waals surface area contributed by atoms with E-state index in [-0.39, 0.29) is 23.6 Å². The number of anilines is 6. The molecule has 0 fully saturated rings. The topological polar surface area (TPSA) is 131 Å². The van der Waals surface area contributed by atoms with Crippen LogP contribution in [0.3, 0.4) is 0 Å². The van der Waals surface area contributed by atoms with Crippen LogP contribution < -0.4 is 24.9 Å².